The molecule has 0 saturated heterocycles. The molecule has 0 bridgehead atoms. The zero-order valence-corrected chi connectivity index (χ0v) is 10.6. The van der Waals surface area contributed by atoms with Crippen molar-refractivity contribution in [3.05, 3.63) is 29.8 Å². The number of anilines is 1. The van der Waals surface area contributed by atoms with E-state index in [1.807, 2.05) is 38.1 Å². The van der Waals surface area contributed by atoms with Crippen molar-refractivity contribution in [3.8, 4) is 0 Å². The standard InChI is InChI=1S/C13H20N2O2/c1-4-15(13(16)12(9-14)17-3)11-7-5-6-10(2)8-11/h5-8,12H,4,9,14H2,1-3H3. The molecule has 17 heavy (non-hydrogen) atoms. The van der Waals surface area contributed by atoms with Gasteiger partial charge >= 0.3 is 0 Å². The number of nitrogens with zero attached hydrogens (tertiary/aromatic N) is 1. The molecule has 0 saturated carbocycles. The summed E-state index contributed by atoms with van der Waals surface area (Å²) in [5.74, 6) is -0.0944. The Morgan fingerprint density at radius 2 is 2.24 bits per heavy atom. The van der Waals surface area contributed by atoms with Crippen molar-refractivity contribution in [1.82, 2.24) is 0 Å². The van der Waals surface area contributed by atoms with Gasteiger partial charge in [-0.1, -0.05) is 12.1 Å². The van der Waals surface area contributed by atoms with Gasteiger partial charge in [0.1, 0.15) is 6.10 Å². The zero-order chi connectivity index (χ0) is 12.8. The van der Waals surface area contributed by atoms with Crippen LogP contribution in [0.1, 0.15) is 12.5 Å². The van der Waals surface area contributed by atoms with E-state index >= 15 is 0 Å². The fourth-order valence-corrected chi connectivity index (χ4v) is 1.73. The number of ether oxygens (including phenoxy) is 1. The molecule has 0 aliphatic rings. The second-order valence-corrected chi connectivity index (χ2v) is 3.88. The van der Waals surface area contributed by atoms with Gasteiger partial charge in [0.05, 0.1) is 0 Å². The first-order valence-corrected chi connectivity index (χ1v) is 5.75. The lowest BCUT2D eigenvalue weighted by molar-refractivity contribution is -0.127. The highest BCUT2D eigenvalue weighted by molar-refractivity contribution is 5.96. The van der Waals surface area contributed by atoms with E-state index in [2.05, 4.69) is 0 Å². The first-order valence-electron chi connectivity index (χ1n) is 5.75. The molecule has 0 fully saturated rings. The number of benzene rings is 1. The highest BCUT2D eigenvalue weighted by Crippen LogP contribution is 2.17. The van der Waals surface area contributed by atoms with Crippen molar-refractivity contribution in [1.29, 1.82) is 0 Å². The number of carbonyl (C=O) groups excluding carboxylic acids is 1. The van der Waals surface area contributed by atoms with E-state index in [1.54, 1.807) is 4.90 Å². The van der Waals surface area contributed by atoms with E-state index < -0.39 is 6.10 Å². The summed E-state index contributed by atoms with van der Waals surface area (Å²) < 4.78 is 5.08. The summed E-state index contributed by atoms with van der Waals surface area (Å²) in [6.45, 7) is 4.72. The average molecular weight is 236 g/mol. The van der Waals surface area contributed by atoms with Crippen molar-refractivity contribution in [2.45, 2.75) is 20.0 Å². The Labute approximate surface area is 102 Å². The van der Waals surface area contributed by atoms with Crippen LogP contribution in [0.3, 0.4) is 0 Å². The summed E-state index contributed by atoms with van der Waals surface area (Å²) in [4.78, 5) is 13.9. The SMILES string of the molecule is CCN(C(=O)C(CN)OC)c1cccc(C)c1. The largest absolute Gasteiger partial charge is 0.370 e. The third kappa shape index (κ3) is 3.28. The van der Waals surface area contributed by atoms with Crippen LogP contribution >= 0.6 is 0 Å². The number of amides is 1. The molecular weight excluding hydrogens is 216 g/mol. The van der Waals surface area contributed by atoms with Crippen LogP contribution in [0, 0.1) is 6.92 Å². The van der Waals surface area contributed by atoms with Gasteiger partial charge in [-0.2, -0.15) is 0 Å². The van der Waals surface area contributed by atoms with E-state index in [-0.39, 0.29) is 12.5 Å². The van der Waals surface area contributed by atoms with Crippen molar-refractivity contribution >= 4 is 11.6 Å². The predicted octanol–water partition coefficient (Wildman–Crippen LogP) is 1.32. The smallest absolute Gasteiger partial charge is 0.257 e. The second-order valence-electron chi connectivity index (χ2n) is 3.88. The van der Waals surface area contributed by atoms with Gasteiger partial charge in [-0.25, -0.2) is 0 Å². The van der Waals surface area contributed by atoms with Gasteiger partial charge in [-0.15, -0.1) is 0 Å². The minimum absolute atomic E-state index is 0.0944. The summed E-state index contributed by atoms with van der Waals surface area (Å²) in [6.07, 6.45) is -0.574. The molecule has 1 unspecified atom stereocenters. The normalized spacial score (nSPS) is 12.2. The number of hydrogen-bond donors (Lipinski definition) is 1. The number of hydrogen-bond acceptors (Lipinski definition) is 3. The van der Waals surface area contributed by atoms with Crippen molar-refractivity contribution < 1.29 is 9.53 Å². The Morgan fingerprint density at radius 1 is 1.53 bits per heavy atom. The predicted molar refractivity (Wildman–Crippen MR) is 69.1 cm³/mol. The van der Waals surface area contributed by atoms with Gasteiger partial charge in [0, 0.05) is 25.9 Å². The molecule has 4 heteroatoms. The summed E-state index contributed by atoms with van der Waals surface area (Å²) in [5, 5.41) is 0. The Bertz CT molecular complexity index is 375. The molecule has 1 aromatic carbocycles. The van der Waals surface area contributed by atoms with Crippen LogP contribution in [0.2, 0.25) is 0 Å². The number of carbonyl (C=O) groups is 1. The second kappa shape index (κ2) is 6.37. The van der Waals surface area contributed by atoms with Gasteiger partial charge in [-0.05, 0) is 31.5 Å². The molecule has 2 N–H and O–H groups in total. The lowest BCUT2D eigenvalue weighted by atomic mass is 10.2. The molecule has 1 atom stereocenters. The van der Waals surface area contributed by atoms with Gasteiger partial charge in [-0.3, -0.25) is 4.79 Å². The Balaban J connectivity index is 2.95. The molecule has 0 radical (unpaired) electrons. The van der Waals surface area contributed by atoms with Gasteiger partial charge < -0.3 is 15.4 Å². The molecule has 0 heterocycles. The fourth-order valence-electron chi connectivity index (χ4n) is 1.73. The van der Waals surface area contributed by atoms with E-state index in [4.69, 9.17) is 10.5 Å². The number of methoxy groups -OCH3 is 1. The molecular formula is C13H20N2O2. The zero-order valence-electron chi connectivity index (χ0n) is 10.6. The van der Waals surface area contributed by atoms with Gasteiger partial charge in [0.2, 0.25) is 0 Å². The highest BCUT2D eigenvalue weighted by Gasteiger charge is 2.22. The van der Waals surface area contributed by atoms with Gasteiger partial charge in [0.25, 0.3) is 5.91 Å². The quantitative estimate of drug-likeness (QED) is 0.839. The molecule has 1 rings (SSSR count). The lowest BCUT2D eigenvalue weighted by Crippen LogP contribution is -2.43. The number of likely N-dealkylation sites (N-methyl/N-ethyl adjacent to an activating group) is 1. The van der Waals surface area contributed by atoms with Crippen LogP contribution in [0.15, 0.2) is 24.3 Å². The van der Waals surface area contributed by atoms with Gasteiger partial charge in [0.15, 0.2) is 0 Å². The summed E-state index contributed by atoms with van der Waals surface area (Å²) in [6, 6.07) is 7.83. The maximum Gasteiger partial charge on any atom is 0.257 e. The van der Waals surface area contributed by atoms with E-state index in [0.717, 1.165) is 11.3 Å². The first kappa shape index (κ1) is 13.7. The van der Waals surface area contributed by atoms with Crippen molar-refractivity contribution in [2.75, 3.05) is 25.1 Å². The number of rotatable bonds is 5. The Hall–Kier alpha value is -1.39. The molecule has 4 nitrogen and oxygen atoms in total. The highest BCUT2D eigenvalue weighted by atomic mass is 16.5. The van der Waals surface area contributed by atoms with Crippen molar-refractivity contribution in [2.24, 2.45) is 5.73 Å². The van der Waals surface area contributed by atoms with E-state index in [0.29, 0.717) is 6.54 Å². The monoisotopic (exact) mass is 236 g/mol. The van der Waals surface area contributed by atoms with Crippen LogP contribution in [0.5, 0.6) is 0 Å². The Morgan fingerprint density at radius 3 is 2.71 bits per heavy atom. The van der Waals surface area contributed by atoms with Crippen LogP contribution in [0.4, 0.5) is 5.69 Å². The average Bonchev–Trinajstić information content (AvgIpc) is 2.31. The van der Waals surface area contributed by atoms with Crippen LogP contribution < -0.4 is 10.6 Å². The third-order valence-corrected chi connectivity index (χ3v) is 2.67. The molecule has 0 spiro atoms. The maximum absolute atomic E-state index is 12.2. The lowest BCUT2D eigenvalue weighted by Gasteiger charge is -2.25. The minimum atomic E-state index is -0.574. The maximum atomic E-state index is 12.2. The number of aryl methyl sites for hydroxylation is 1. The van der Waals surface area contributed by atoms with Crippen LogP contribution in [-0.4, -0.2) is 32.2 Å². The van der Waals surface area contributed by atoms with Crippen LogP contribution in [-0.2, 0) is 9.53 Å². The number of nitrogens with two attached hydrogens (primary N) is 1. The Kier molecular flexibility index (Phi) is 5.12. The molecule has 0 aliphatic carbocycles. The van der Waals surface area contributed by atoms with Crippen LogP contribution in [0.25, 0.3) is 0 Å². The molecule has 0 aliphatic heterocycles. The van der Waals surface area contributed by atoms with E-state index in [9.17, 15) is 4.79 Å². The first-order chi connectivity index (χ1) is 8.13. The summed E-state index contributed by atoms with van der Waals surface area (Å²) in [7, 11) is 1.50. The summed E-state index contributed by atoms with van der Waals surface area (Å²) in [5.41, 5.74) is 7.52. The molecule has 0 aromatic heterocycles. The summed E-state index contributed by atoms with van der Waals surface area (Å²) >= 11 is 0. The van der Waals surface area contributed by atoms with Crippen molar-refractivity contribution in [3.63, 3.8) is 0 Å². The topological polar surface area (TPSA) is 55.6 Å². The fraction of sp³-hybridized carbons (Fsp3) is 0.462. The molecule has 1 aromatic rings. The van der Waals surface area contributed by atoms with E-state index in [1.165, 1.54) is 7.11 Å². The minimum Gasteiger partial charge on any atom is -0.370 e. The third-order valence-electron chi connectivity index (χ3n) is 2.67. The molecule has 1 amide bonds. The molecule has 94 valence electrons.